The first-order valence-electron chi connectivity index (χ1n) is 13.4. The number of alkyl carbamates (subject to hydrolysis) is 1. The van der Waals surface area contributed by atoms with Crippen molar-refractivity contribution >= 4 is 29.8 Å². The SMILES string of the molecule is CCOC(=O)CCNC(=O)C(c1ccc(O)cc1)N(C(=O)C(CCC(N)=O)NC(=O)OC(C)(C)C)C(C)(C)CC. The van der Waals surface area contributed by atoms with Crippen LogP contribution in [0.15, 0.2) is 24.3 Å². The lowest BCUT2D eigenvalue weighted by Gasteiger charge is -2.44. The molecule has 4 amide bonds. The van der Waals surface area contributed by atoms with Crippen LogP contribution in [0.2, 0.25) is 0 Å². The molecular weight excluding hydrogens is 520 g/mol. The van der Waals surface area contributed by atoms with Gasteiger partial charge >= 0.3 is 12.1 Å². The van der Waals surface area contributed by atoms with Crippen molar-refractivity contribution in [1.82, 2.24) is 15.5 Å². The Labute approximate surface area is 235 Å². The highest BCUT2D eigenvalue weighted by Crippen LogP contribution is 2.33. The van der Waals surface area contributed by atoms with E-state index in [1.807, 2.05) is 6.92 Å². The zero-order valence-corrected chi connectivity index (χ0v) is 24.5. The Kier molecular flexibility index (Phi) is 12.9. The number of hydrogen-bond donors (Lipinski definition) is 4. The molecule has 0 saturated carbocycles. The van der Waals surface area contributed by atoms with Crippen LogP contribution in [-0.2, 0) is 28.7 Å². The van der Waals surface area contributed by atoms with Crippen LogP contribution < -0.4 is 16.4 Å². The molecule has 224 valence electrons. The number of nitrogens with one attached hydrogen (secondary N) is 2. The average molecular weight is 565 g/mol. The molecule has 0 radical (unpaired) electrons. The van der Waals surface area contributed by atoms with Crippen molar-refractivity contribution in [3.05, 3.63) is 29.8 Å². The molecule has 2 unspecified atom stereocenters. The number of amides is 4. The molecule has 12 nitrogen and oxygen atoms in total. The fourth-order valence-electron chi connectivity index (χ4n) is 3.80. The van der Waals surface area contributed by atoms with Crippen LogP contribution in [0, 0.1) is 0 Å². The van der Waals surface area contributed by atoms with E-state index in [9.17, 15) is 29.1 Å². The highest BCUT2D eigenvalue weighted by atomic mass is 16.6. The van der Waals surface area contributed by atoms with Gasteiger partial charge in [-0.2, -0.15) is 0 Å². The number of ether oxygens (including phenoxy) is 2. The van der Waals surface area contributed by atoms with Crippen molar-refractivity contribution in [2.24, 2.45) is 5.73 Å². The highest BCUT2D eigenvalue weighted by Gasteiger charge is 2.43. The maximum atomic E-state index is 14.2. The zero-order chi connectivity index (χ0) is 30.7. The Morgan fingerprint density at radius 3 is 2.10 bits per heavy atom. The van der Waals surface area contributed by atoms with Crippen molar-refractivity contribution in [1.29, 1.82) is 0 Å². The van der Waals surface area contributed by atoms with Crippen molar-refractivity contribution in [2.45, 2.75) is 97.4 Å². The minimum atomic E-state index is -1.25. The van der Waals surface area contributed by atoms with Crippen LogP contribution >= 0.6 is 0 Å². The molecule has 0 saturated heterocycles. The number of carbonyl (C=O) groups is 5. The van der Waals surface area contributed by atoms with Crippen LogP contribution in [0.25, 0.3) is 0 Å². The predicted molar refractivity (Wildman–Crippen MR) is 148 cm³/mol. The number of benzene rings is 1. The van der Waals surface area contributed by atoms with Gasteiger partial charge in [-0.3, -0.25) is 19.2 Å². The number of primary amides is 1. The first-order chi connectivity index (χ1) is 18.5. The Bertz CT molecular complexity index is 1030. The molecule has 1 rings (SSSR count). The van der Waals surface area contributed by atoms with Crippen LogP contribution in [0.4, 0.5) is 4.79 Å². The minimum Gasteiger partial charge on any atom is -0.508 e. The maximum absolute atomic E-state index is 14.2. The lowest BCUT2D eigenvalue weighted by Crippen LogP contribution is -2.59. The second-order valence-electron chi connectivity index (χ2n) is 10.9. The van der Waals surface area contributed by atoms with Gasteiger partial charge in [-0.1, -0.05) is 19.1 Å². The molecule has 0 spiro atoms. The predicted octanol–water partition coefficient (Wildman–Crippen LogP) is 2.68. The first kappa shape index (κ1) is 34.2. The van der Waals surface area contributed by atoms with Crippen LogP contribution in [0.3, 0.4) is 0 Å². The summed E-state index contributed by atoms with van der Waals surface area (Å²) in [5, 5.41) is 15.1. The maximum Gasteiger partial charge on any atom is 0.408 e. The van der Waals surface area contributed by atoms with E-state index in [2.05, 4.69) is 10.6 Å². The van der Waals surface area contributed by atoms with Gasteiger partial charge in [-0.05, 0) is 72.1 Å². The Balaban J connectivity index is 3.56. The third-order valence-corrected chi connectivity index (χ3v) is 6.07. The third kappa shape index (κ3) is 11.1. The smallest absolute Gasteiger partial charge is 0.408 e. The second kappa shape index (κ2) is 15.1. The van der Waals surface area contributed by atoms with Gasteiger partial charge < -0.3 is 35.8 Å². The summed E-state index contributed by atoms with van der Waals surface area (Å²) in [7, 11) is 0. The van der Waals surface area contributed by atoms with Gasteiger partial charge in [0.25, 0.3) is 0 Å². The highest BCUT2D eigenvalue weighted by molar-refractivity contribution is 5.93. The van der Waals surface area contributed by atoms with Crippen LogP contribution in [0.1, 0.15) is 85.8 Å². The summed E-state index contributed by atoms with van der Waals surface area (Å²) in [5.41, 5.74) is 3.94. The number of aromatic hydroxyl groups is 1. The number of phenols is 1. The molecule has 0 bridgehead atoms. The topological polar surface area (TPSA) is 177 Å². The van der Waals surface area contributed by atoms with Crippen molar-refractivity contribution in [3.63, 3.8) is 0 Å². The van der Waals surface area contributed by atoms with Gasteiger partial charge in [0.15, 0.2) is 0 Å². The number of hydrogen-bond acceptors (Lipinski definition) is 8. The monoisotopic (exact) mass is 564 g/mol. The second-order valence-corrected chi connectivity index (χ2v) is 10.9. The molecule has 0 aliphatic carbocycles. The Morgan fingerprint density at radius 2 is 1.60 bits per heavy atom. The molecule has 5 N–H and O–H groups in total. The molecule has 0 aliphatic rings. The van der Waals surface area contributed by atoms with Gasteiger partial charge in [0.1, 0.15) is 23.4 Å². The third-order valence-electron chi connectivity index (χ3n) is 6.07. The van der Waals surface area contributed by atoms with E-state index < -0.39 is 53.0 Å². The number of rotatable bonds is 14. The lowest BCUT2D eigenvalue weighted by molar-refractivity contribution is -0.150. The number of nitrogens with two attached hydrogens (primary N) is 1. The van der Waals surface area contributed by atoms with E-state index >= 15 is 0 Å². The van der Waals surface area contributed by atoms with E-state index in [1.54, 1.807) is 41.5 Å². The average Bonchev–Trinajstić information content (AvgIpc) is 2.84. The van der Waals surface area contributed by atoms with E-state index in [4.69, 9.17) is 15.2 Å². The summed E-state index contributed by atoms with van der Waals surface area (Å²) in [4.78, 5) is 65.3. The van der Waals surface area contributed by atoms with Crippen LogP contribution in [-0.4, -0.2) is 70.1 Å². The van der Waals surface area contributed by atoms with E-state index in [0.717, 1.165) is 0 Å². The lowest BCUT2D eigenvalue weighted by atomic mass is 9.91. The van der Waals surface area contributed by atoms with Crippen molar-refractivity contribution in [3.8, 4) is 5.75 Å². The fourth-order valence-corrected chi connectivity index (χ4v) is 3.80. The van der Waals surface area contributed by atoms with Gasteiger partial charge in [-0.15, -0.1) is 0 Å². The minimum absolute atomic E-state index is 0.0382. The summed E-state index contributed by atoms with van der Waals surface area (Å²) in [6, 6.07) is 3.33. The molecule has 0 fully saturated rings. The molecule has 40 heavy (non-hydrogen) atoms. The van der Waals surface area contributed by atoms with Crippen molar-refractivity contribution in [2.75, 3.05) is 13.2 Å². The van der Waals surface area contributed by atoms with E-state index in [1.165, 1.54) is 29.2 Å². The zero-order valence-electron chi connectivity index (χ0n) is 24.5. The normalized spacial score (nSPS) is 13.0. The van der Waals surface area contributed by atoms with Gasteiger partial charge in [0.2, 0.25) is 17.7 Å². The Hall–Kier alpha value is -3.83. The standard InChI is InChI=1S/C28H44N4O8/c1-8-28(6,7)32(25(37)20(14-15-21(29)34)31-26(38)40-27(3,4)5)23(18-10-12-19(33)13-11-18)24(36)30-17-16-22(35)39-9-2/h10-13,20,23,33H,8-9,14-17H2,1-7H3,(H2,29,34)(H,30,36)(H,31,38). The summed E-state index contributed by atoms with van der Waals surface area (Å²) in [5.74, 6) is -2.42. The van der Waals surface area contributed by atoms with Gasteiger partial charge in [0.05, 0.1) is 13.0 Å². The molecule has 2 atom stereocenters. The molecule has 1 aromatic carbocycles. The fraction of sp³-hybridized carbons (Fsp3) is 0.607. The molecule has 12 heteroatoms. The van der Waals surface area contributed by atoms with Gasteiger partial charge in [0, 0.05) is 18.5 Å². The largest absolute Gasteiger partial charge is 0.508 e. The van der Waals surface area contributed by atoms with Gasteiger partial charge in [-0.25, -0.2) is 4.79 Å². The molecule has 0 heterocycles. The summed E-state index contributed by atoms with van der Waals surface area (Å²) < 4.78 is 10.2. The number of carbonyl (C=O) groups excluding carboxylic acids is 5. The quantitative estimate of drug-likeness (QED) is 0.249. The number of nitrogens with zero attached hydrogens (tertiary/aromatic N) is 1. The molecular formula is C28H44N4O8. The van der Waals surface area contributed by atoms with E-state index in [-0.39, 0.29) is 38.2 Å². The van der Waals surface area contributed by atoms with Crippen LogP contribution in [0.5, 0.6) is 5.75 Å². The van der Waals surface area contributed by atoms with Crippen molar-refractivity contribution < 1.29 is 38.6 Å². The summed E-state index contributed by atoms with van der Waals surface area (Å²) in [6.07, 6.45) is -0.865. The molecule has 1 aromatic rings. The Morgan fingerprint density at radius 1 is 1.00 bits per heavy atom. The first-order valence-corrected chi connectivity index (χ1v) is 13.4. The number of esters is 1. The molecule has 0 aliphatic heterocycles. The summed E-state index contributed by atoms with van der Waals surface area (Å²) in [6.45, 7) is 12.2. The van der Waals surface area contributed by atoms with E-state index in [0.29, 0.717) is 12.0 Å². The summed E-state index contributed by atoms with van der Waals surface area (Å²) >= 11 is 0. The molecule has 0 aromatic heterocycles. The number of phenolic OH excluding ortho intramolecular Hbond substituents is 1.